The van der Waals surface area contributed by atoms with Crippen LogP contribution >= 0.6 is 0 Å². The molecule has 2 heterocycles. The van der Waals surface area contributed by atoms with Crippen LogP contribution in [0.3, 0.4) is 0 Å². The predicted octanol–water partition coefficient (Wildman–Crippen LogP) is 1.48. The lowest BCUT2D eigenvalue weighted by molar-refractivity contribution is -0.175. The summed E-state index contributed by atoms with van der Waals surface area (Å²) in [5, 5.41) is 16.9. The van der Waals surface area contributed by atoms with Crippen LogP contribution in [0.25, 0.3) is 0 Å². The van der Waals surface area contributed by atoms with Gasteiger partial charge in [0.25, 0.3) is 0 Å². The number of amides is 4. The average Bonchev–Trinajstić information content (AvgIpc) is 3.74. The summed E-state index contributed by atoms with van der Waals surface area (Å²) in [6.07, 6.45) is -3.30. The van der Waals surface area contributed by atoms with Crippen molar-refractivity contribution in [3.63, 3.8) is 0 Å². The molecule has 6 unspecified atom stereocenters. The standard InChI is InChI=1S/C25H31F4N5O4/c1-22(2)14-11-34(20(37)15(9-23(26)3-4-23)32-21(38)25(27,28)29)17(16(14)22)19(36)31-13(10-30)7-12-8-24(5-6-24)33-18(12)35/h12-17H,3-9,11H2,1-2H3,(H,31,36)(H,32,38)(H,33,35). The molecule has 38 heavy (non-hydrogen) atoms. The van der Waals surface area contributed by atoms with E-state index in [0.29, 0.717) is 6.42 Å². The number of likely N-dealkylation sites (tertiary alicyclic amines) is 1. The first kappa shape index (κ1) is 26.7. The van der Waals surface area contributed by atoms with Crippen LogP contribution in [-0.4, -0.2) is 70.6 Å². The van der Waals surface area contributed by atoms with Crippen molar-refractivity contribution in [2.24, 2.45) is 23.2 Å². The lowest BCUT2D eigenvalue weighted by Crippen LogP contribution is -2.58. The number of hydrogen-bond donors (Lipinski definition) is 3. The Bertz CT molecular complexity index is 1110. The average molecular weight is 542 g/mol. The molecule has 5 aliphatic rings. The topological polar surface area (TPSA) is 131 Å². The molecule has 1 spiro atoms. The number of rotatable bonds is 8. The minimum absolute atomic E-state index is 0.0665. The molecule has 0 radical (unpaired) electrons. The molecule has 2 aliphatic heterocycles. The molecule has 3 N–H and O–H groups in total. The summed E-state index contributed by atoms with van der Waals surface area (Å²) in [5.74, 6) is -4.97. The van der Waals surface area contributed by atoms with Gasteiger partial charge in [-0.25, -0.2) is 4.39 Å². The highest BCUT2D eigenvalue weighted by atomic mass is 19.4. The second-order valence-electron chi connectivity index (χ2n) is 12.4. The summed E-state index contributed by atoms with van der Waals surface area (Å²) < 4.78 is 53.4. The molecule has 0 bridgehead atoms. The molecular formula is C25H31F4N5O4. The van der Waals surface area contributed by atoms with Crippen molar-refractivity contribution >= 4 is 23.6 Å². The molecule has 0 aromatic rings. The van der Waals surface area contributed by atoms with Gasteiger partial charge in [-0.15, -0.1) is 0 Å². The van der Waals surface area contributed by atoms with Gasteiger partial charge in [-0.3, -0.25) is 19.2 Å². The van der Waals surface area contributed by atoms with E-state index in [2.05, 4.69) is 10.6 Å². The van der Waals surface area contributed by atoms with Crippen molar-refractivity contribution in [2.45, 2.75) is 94.3 Å². The fourth-order valence-electron chi connectivity index (χ4n) is 6.49. The smallest absolute Gasteiger partial charge is 0.350 e. The maximum atomic E-state index is 14.6. The van der Waals surface area contributed by atoms with Gasteiger partial charge in [0, 0.05) is 24.4 Å². The Morgan fingerprint density at radius 3 is 2.37 bits per heavy atom. The van der Waals surface area contributed by atoms with Crippen LogP contribution in [0.2, 0.25) is 0 Å². The molecule has 5 rings (SSSR count). The zero-order valence-electron chi connectivity index (χ0n) is 21.2. The number of alkyl halides is 4. The van der Waals surface area contributed by atoms with Crippen molar-refractivity contribution in [1.29, 1.82) is 5.26 Å². The number of carbonyl (C=O) groups is 4. The van der Waals surface area contributed by atoms with Crippen LogP contribution in [0.4, 0.5) is 17.6 Å². The van der Waals surface area contributed by atoms with E-state index in [0.717, 1.165) is 17.7 Å². The minimum atomic E-state index is -5.26. The second kappa shape index (κ2) is 8.55. The van der Waals surface area contributed by atoms with Crippen molar-refractivity contribution in [2.75, 3.05) is 6.54 Å². The molecule has 208 valence electrons. The summed E-state index contributed by atoms with van der Waals surface area (Å²) >= 11 is 0. The third-order valence-electron chi connectivity index (χ3n) is 9.23. The van der Waals surface area contributed by atoms with Crippen LogP contribution in [-0.2, 0) is 19.2 Å². The summed E-state index contributed by atoms with van der Waals surface area (Å²) in [6, 6.07) is -1.88. The summed E-state index contributed by atoms with van der Waals surface area (Å²) in [4.78, 5) is 52.0. The van der Waals surface area contributed by atoms with Gasteiger partial charge < -0.3 is 20.9 Å². The third kappa shape index (κ3) is 4.82. The number of carbonyl (C=O) groups excluding carboxylic acids is 4. The number of hydrogen-bond acceptors (Lipinski definition) is 5. The molecule has 3 aliphatic carbocycles. The number of fused-ring (bicyclic) bond motifs is 1. The van der Waals surface area contributed by atoms with Gasteiger partial charge in [-0.2, -0.15) is 18.4 Å². The van der Waals surface area contributed by atoms with E-state index < -0.39 is 60.0 Å². The number of nitrogens with one attached hydrogen (secondary N) is 3. The minimum Gasteiger partial charge on any atom is -0.350 e. The number of nitriles is 1. The van der Waals surface area contributed by atoms with Gasteiger partial charge in [-0.1, -0.05) is 13.8 Å². The largest absolute Gasteiger partial charge is 0.471 e. The maximum absolute atomic E-state index is 14.6. The van der Waals surface area contributed by atoms with Gasteiger partial charge >= 0.3 is 12.1 Å². The first-order valence-corrected chi connectivity index (χ1v) is 13.0. The van der Waals surface area contributed by atoms with E-state index in [1.54, 1.807) is 5.32 Å². The Balaban J connectivity index is 1.31. The Kier molecular flexibility index (Phi) is 6.00. The fraction of sp³-hybridized carbons (Fsp3) is 0.800. The van der Waals surface area contributed by atoms with Crippen LogP contribution in [0.15, 0.2) is 0 Å². The molecule has 3 saturated carbocycles. The Morgan fingerprint density at radius 2 is 1.84 bits per heavy atom. The van der Waals surface area contributed by atoms with E-state index in [1.807, 2.05) is 19.9 Å². The van der Waals surface area contributed by atoms with E-state index in [1.165, 1.54) is 0 Å². The Hall–Kier alpha value is -2.91. The summed E-state index contributed by atoms with van der Waals surface area (Å²) in [6.45, 7) is 3.89. The fourth-order valence-corrected chi connectivity index (χ4v) is 6.49. The van der Waals surface area contributed by atoms with E-state index in [-0.39, 0.29) is 54.5 Å². The zero-order chi connectivity index (χ0) is 27.8. The molecular weight excluding hydrogens is 510 g/mol. The zero-order valence-corrected chi connectivity index (χ0v) is 21.2. The molecule has 0 aromatic carbocycles. The van der Waals surface area contributed by atoms with Crippen molar-refractivity contribution in [3.8, 4) is 6.07 Å². The summed E-state index contributed by atoms with van der Waals surface area (Å²) in [7, 11) is 0. The SMILES string of the molecule is CC1(C)C2CN(C(=O)C(CC3(F)CC3)NC(=O)C(F)(F)F)C(C(=O)NC(C#N)CC3CC4(CC4)NC3=O)C21. The highest BCUT2D eigenvalue weighted by Gasteiger charge is 2.70. The Labute approximate surface area is 217 Å². The molecule has 13 heteroatoms. The molecule has 9 nitrogen and oxygen atoms in total. The second-order valence-corrected chi connectivity index (χ2v) is 12.4. The predicted molar refractivity (Wildman–Crippen MR) is 122 cm³/mol. The molecule has 6 atom stereocenters. The first-order valence-electron chi connectivity index (χ1n) is 13.0. The van der Waals surface area contributed by atoms with E-state index in [9.17, 15) is 42.0 Å². The molecule has 4 amide bonds. The van der Waals surface area contributed by atoms with Crippen LogP contribution < -0.4 is 16.0 Å². The lowest BCUT2D eigenvalue weighted by Gasteiger charge is -2.34. The van der Waals surface area contributed by atoms with Gasteiger partial charge in [0.1, 0.15) is 23.8 Å². The number of nitrogens with zero attached hydrogens (tertiary/aromatic N) is 2. The third-order valence-corrected chi connectivity index (χ3v) is 9.23. The van der Waals surface area contributed by atoms with Crippen molar-refractivity contribution in [1.82, 2.24) is 20.9 Å². The lowest BCUT2D eigenvalue weighted by atomic mass is 9.95. The van der Waals surface area contributed by atoms with E-state index in [4.69, 9.17) is 0 Å². The highest BCUT2D eigenvalue weighted by Crippen LogP contribution is 2.65. The van der Waals surface area contributed by atoms with Gasteiger partial charge in [-0.05, 0) is 55.8 Å². The van der Waals surface area contributed by atoms with Crippen LogP contribution in [0.1, 0.15) is 58.8 Å². The Morgan fingerprint density at radius 1 is 1.18 bits per heavy atom. The molecule has 2 saturated heterocycles. The van der Waals surface area contributed by atoms with E-state index >= 15 is 0 Å². The highest BCUT2D eigenvalue weighted by molar-refractivity contribution is 5.94. The normalized spacial score (nSPS) is 32.4. The van der Waals surface area contributed by atoms with Crippen LogP contribution in [0.5, 0.6) is 0 Å². The molecule has 0 aromatic heterocycles. The first-order chi connectivity index (χ1) is 17.6. The monoisotopic (exact) mass is 541 g/mol. The number of piperidine rings is 1. The van der Waals surface area contributed by atoms with Gasteiger partial charge in [0.05, 0.1) is 6.07 Å². The number of halogens is 4. The maximum Gasteiger partial charge on any atom is 0.471 e. The van der Waals surface area contributed by atoms with Gasteiger partial charge in [0.15, 0.2) is 0 Å². The van der Waals surface area contributed by atoms with Gasteiger partial charge in [0.2, 0.25) is 17.7 Å². The molecule has 5 fully saturated rings. The quantitative estimate of drug-likeness (QED) is 0.401. The van der Waals surface area contributed by atoms with Crippen LogP contribution in [0, 0.1) is 34.5 Å². The van der Waals surface area contributed by atoms with Crippen molar-refractivity contribution in [3.05, 3.63) is 0 Å². The van der Waals surface area contributed by atoms with Crippen molar-refractivity contribution < 1.29 is 36.7 Å². The summed E-state index contributed by atoms with van der Waals surface area (Å²) in [5.41, 5.74) is -2.37.